The molecular formula is C17H22N2O. The van der Waals surface area contributed by atoms with Gasteiger partial charge in [-0.05, 0) is 29.8 Å². The van der Waals surface area contributed by atoms with Crippen LogP contribution in [0.1, 0.15) is 33.3 Å². The maximum Gasteiger partial charge on any atom is 0.272 e. The standard InChI is InChI=1S/C13H10N2O.2C2H6/c1-2-9-5-6-10-12(8-9)15-7-3-4-11(15)13(16)14-10;2*1-2/h2-8H,1H2,(H,14,16);2*1-2H3. The summed E-state index contributed by atoms with van der Waals surface area (Å²) >= 11 is 0. The van der Waals surface area contributed by atoms with Crippen LogP contribution in [0.5, 0.6) is 0 Å². The fourth-order valence-corrected chi connectivity index (χ4v) is 1.94. The molecular weight excluding hydrogens is 248 g/mol. The van der Waals surface area contributed by atoms with E-state index in [-0.39, 0.29) is 5.56 Å². The minimum atomic E-state index is -0.0659. The lowest BCUT2D eigenvalue weighted by molar-refractivity contribution is 1.19. The number of aromatic nitrogens is 2. The van der Waals surface area contributed by atoms with Crippen LogP contribution in [-0.4, -0.2) is 9.38 Å². The van der Waals surface area contributed by atoms with Crippen molar-refractivity contribution in [1.29, 1.82) is 0 Å². The Bertz CT molecular complexity index is 750. The van der Waals surface area contributed by atoms with Crippen LogP contribution in [0.25, 0.3) is 22.6 Å². The van der Waals surface area contributed by atoms with E-state index in [1.165, 1.54) is 0 Å². The van der Waals surface area contributed by atoms with E-state index in [0.29, 0.717) is 5.52 Å². The van der Waals surface area contributed by atoms with Gasteiger partial charge in [-0.2, -0.15) is 0 Å². The van der Waals surface area contributed by atoms with Gasteiger partial charge in [0.1, 0.15) is 5.52 Å². The Morgan fingerprint density at radius 1 is 1.10 bits per heavy atom. The number of hydrogen-bond donors (Lipinski definition) is 1. The lowest BCUT2D eigenvalue weighted by atomic mass is 10.2. The minimum absolute atomic E-state index is 0.0659. The number of aromatic amines is 1. The summed E-state index contributed by atoms with van der Waals surface area (Å²) in [6.07, 6.45) is 3.68. The first-order chi connectivity index (χ1) is 9.79. The molecule has 3 heteroatoms. The van der Waals surface area contributed by atoms with Crippen LogP contribution < -0.4 is 5.56 Å². The Labute approximate surface area is 119 Å². The maximum atomic E-state index is 11.7. The first-order valence-electron chi connectivity index (χ1n) is 7.05. The number of hydrogen-bond acceptors (Lipinski definition) is 1. The normalized spacial score (nSPS) is 9.40. The maximum absolute atomic E-state index is 11.7. The third kappa shape index (κ3) is 2.82. The zero-order valence-corrected chi connectivity index (χ0v) is 12.6. The van der Waals surface area contributed by atoms with E-state index in [1.807, 2.05) is 62.6 Å². The van der Waals surface area contributed by atoms with Crippen LogP contribution in [0.2, 0.25) is 0 Å². The Balaban J connectivity index is 0.000000461. The van der Waals surface area contributed by atoms with Crippen molar-refractivity contribution in [3.05, 3.63) is 59.0 Å². The molecule has 0 unspecified atom stereocenters. The summed E-state index contributed by atoms with van der Waals surface area (Å²) in [5.41, 5.74) is 3.45. The van der Waals surface area contributed by atoms with Crippen molar-refractivity contribution < 1.29 is 0 Å². The highest BCUT2D eigenvalue weighted by Crippen LogP contribution is 2.15. The summed E-state index contributed by atoms with van der Waals surface area (Å²) in [5, 5.41) is 0. The Morgan fingerprint density at radius 3 is 2.45 bits per heavy atom. The molecule has 0 aliphatic carbocycles. The molecule has 2 heterocycles. The van der Waals surface area contributed by atoms with Gasteiger partial charge in [0.25, 0.3) is 5.56 Å². The van der Waals surface area contributed by atoms with Gasteiger partial charge in [-0.3, -0.25) is 4.79 Å². The first-order valence-corrected chi connectivity index (χ1v) is 7.05. The minimum Gasteiger partial charge on any atom is -0.319 e. The summed E-state index contributed by atoms with van der Waals surface area (Å²) in [6, 6.07) is 9.50. The summed E-state index contributed by atoms with van der Waals surface area (Å²) in [4.78, 5) is 14.6. The van der Waals surface area contributed by atoms with Crippen LogP contribution in [0.4, 0.5) is 0 Å². The molecule has 0 bridgehead atoms. The van der Waals surface area contributed by atoms with Crippen molar-refractivity contribution in [3.8, 4) is 0 Å². The van der Waals surface area contributed by atoms with E-state index in [0.717, 1.165) is 16.6 Å². The Hall–Kier alpha value is -2.29. The van der Waals surface area contributed by atoms with Gasteiger partial charge in [0.2, 0.25) is 0 Å². The van der Waals surface area contributed by atoms with Crippen LogP contribution >= 0.6 is 0 Å². The quantitative estimate of drug-likeness (QED) is 0.695. The van der Waals surface area contributed by atoms with Crippen LogP contribution in [0.3, 0.4) is 0 Å². The summed E-state index contributed by atoms with van der Waals surface area (Å²) in [5.74, 6) is 0. The van der Waals surface area contributed by atoms with Gasteiger partial charge in [-0.15, -0.1) is 0 Å². The van der Waals surface area contributed by atoms with Crippen molar-refractivity contribution >= 4 is 22.6 Å². The van der Waals surface area contributed by atoms with Gasteiger partial charge in [0.15, 0.2) is 0 Å². The lowest BCUT2D eigenvalue weighted by Gasteiger charge is -2.03. The molecule has 0 aliphatic heterocycles. The molecule has 3 rings (SSSR count). The van der Waals surface area contributed by atoms with Crippen molar-refractivity contribution in [2.24, 2.45) is 0 Å². The SMILES string of the molecule is C=Cc1ccc2[nH]c(=O)c3cccn3c2c1.CC.CC. The third-order valence-corrected chi connectivity index (χ3v) is 2.75. The van der Waals surface area contributed by atoms with Gasteiger partial charge in [0, 0.05) is 6.20 Å². The molecule has 3 aromatic rings. The number of benzene rings is 1. The molecule has 0 aliphatic rings. The van der Waals surface area contributed by atoms with E-state index >= 15 is 0 Å². The second kappa shape index (κ2) is 7.34. The van der Waals surface area contributed by atoms with E-state index in [4.69, 9.17) is 0 Å². The Kier molecular flexibility index (Phi) is 5.78. The van der Waals surface area contributed by atoms with Crippen LogP contribution in [0, 0.1) is 0 Å². The predicted molar refractivity (Wildman–Crippen MR) is 88.3 cm³/mol. The molecule has 0 saturated heterocycles. The molecule has 0 fully saturated rings. The number of nitrogens with one attached hydrogen (secondary N) is 1. The van der Waals surface area contributed by atoms with E-state index < -0.39 is 0 Å². The average Bonchev–Trinajstić information content (AvgIpc) is 3.02. The Morgan fingerprint density at radius 2 is 1.80 bits per heavy atom. The molecule has 20 heavy (non-hydrogen) atoms. The predicted octanol–water partition coefficient (Wildman–Crippen LogP) is 4.48. The van der Waals surface area contributed by atoms with Crippen LogP contribution in [0.15, 0.2) is 47.9 Å². The highest BCUT2D eigenvalue weighted by Gasteiger charge is 2.03. The largest absolute Gasteiger partial charge is 0.319 e. The van der Waals surface area contributed by atoms with Crippen molar-refractivity contribution in [3.63, 3.8) is 0 Å². The summed E-state index contributed by atoms with van der Waals surface area (Å²) in [7, 11) is 0. The molecule has 0 saturated carbocycles. The highest BCUT2D eigenvalue weighted by molar-refractivity contribution is 5.80. The van der Waals surface area contributed by atoms with Crippen molar-refractivity contribution in [1.82, 2.24) is 9.38 Å². The monoisotopic (exact) mass is 270 g/mol. The molecule has 3 nitrogen and oxygen atoms in total. The van der Waals surface area contributed by atoms with E-state index in [9.17, 15) is 4.79 Å². The zero-order valence-electron chi connectivity index (χ0n) is 12.6. The number of nitrogens with zero attached hydrogens (tertiary/aromatic N) is 1. The van der Waals surface area contributed by atoms with E-state index in [2.05, 4.69) is 11.6 Å². The average molecular weight is 270 g/mol. The van der Waals surface area contributed by atoms with Crippen molar-refractivity contribution in [2.75, 3.05) is 0 Å². The van der Waals surface area contributed by atoms with Gasteiger partial charge in [-0.1, -0.05) is 46.4 Å². The molecule has 0 radical (unpaired) electrons. The number of H-pyrrole nitrogens is 1. The molecule has 2 aromatic heterocycles. The fraction of sp³-hybridized carbons (Fsp3) is 0.235. The lowest BCUT2D eigenvalue weighted by Crippen LogP contribution is -2.09. The summed E-state index contributed by atoms with van der Waals surface area (Å²) in [6.45, 7) is 11.7. The fourth-order valence-electron chi connectivity index (χ4n) is 1.94. The van der Waals surface area contributed by atoms with Gasteiger partial charge in [0.05, 0.1) is 11.0 Å². The second-order valence-corrected chi connectivity index (χ2v) is 3.70. The first kappa shape index (κ1) is 15.8. The smallest absolute Gasteiger partial charge is 0.272 e. The van der Waals surface area contributed by atoms with Gasteiger partial charge in [-0.25, -0.2) is 0 Å². The molecule has 1 aromatic carbocycles. The van der Waals surface area contributed by atoms with Gasteiger partial charge >= 0.3 is 0 Å². The van der Waals surface area contributed by atoms with E-state index in [1.54, 1.807) is 12.1 Å². The zero-order chi connectivity index (χ0) is 15.1. The van der Waals surface area contributed by atoms with Crippen molar-refractivity contribution in [2.45, 2.75) is 27.7 Å². The molecule has 0 spiro atoms. The molecule has 0 atom stereocenters. The molecule has 1 N–H and O–H groups in total. The number of rotatable bonds is 1. The van der Waals surface area contributed by atoms with Gasteiger partial charge < -0.3 is 9.38 Å². The molecule has 0 amide bonds. The third-order valence-electron chi connectivity index (χ3n) is 2.75. The van der Waals surface area contributed by atoms with Crippen LogP contribution in [-0.2, 0) is 0 Å². The highest BCUT2D eigenvalue weighted by atomic mass is 16.1. The summed E-state index contributed by atoms with van der Waals surface area (Å²) < 4.78 is 1.89. The number of fused-ring (bicyclic) bond motifs is 3. The topological polar surface area (TPSA) is 37.3 Å². The molecule has 106 valence electrons. The second-order valence-electron chi connectivity index (χ2n) is 3.70.